The summed E-state index contributed by atoms with van der Waals surface area (Å²) in [5.41, 5.74) is 1.64. The van der Waals surface area contributed by atoms with Gasteiger partial charge in [-0.25, -0.2) is 0 Å². The van der Waals surface area contributed by atoms with E-state index in [4.69, 9.17) is 4.74 Å². The SMILES string of the molecule is CCCCCCCCCCCCC1(CCCCCCCCCCCC)Oc2cc(C)sc2C2=C1CC(C)S2. The van der Waals surface area contributed by atoms with Crippen LogP contribution in [-0.4, -0.2) is 10.9 Å². The topological polar surface area (TPSA) is 9.23 Å². The summed E-state index contributed by atoms with van der Waals surface area (Å²) in [7, 11) is 0. The van der Waals surface area contributed by atoms with Crippen molar-refractivity contribution in [3.05, 3.63) is 21.4 Å². The molecule has 0 saturated heterocycles. The molecule has 0 aliphatic carbocycles. The van der Waals surface area contributed by atoms with Gasteiger partial charge in [-0.05, 0) is 50.7 Å². The summed E-state index contributed by atoms with van der Waals surface area (Å²) in [5.74, 6) is 1.20. The van der Waals surface area contributed by atoms with E-state index in [1.165, 1.54) is 163 Å². The van der Waals surface area contributed by atoms with Crippen molar-refractivity contribution in [3.8, 4) is 5.75 Å². The summed E-state index contributed by atoms with van der Waals surface area (Å²) in [5, 5.41) is 0.691. The summed E-state index contributed by atoms with van der Waals surface area (Å²) in [6.45, 7) is 9.30. The second-order valence-corrected chi connectivity index (χ2v) is 15.2. The van der Waals surface area contributed by atoms with Gasteiger partial charge in [-0.2, -0.15) is 0 Å². The third-order valence-electron chi connectivity index (χ3n) is 8.84. The minimum Gasteiger partial charge on any atom is -0.481 e. The van der Waals surface area contributed by atoms with E-state index in [-0.39, 0.29) is 5.60 Å². The maximum atomic E-state index is 7.11. The molecule has 38 heavy (non-hydrogen) atoms. The largest absolute Gasteiger partial charge is 0.481 e. The van der Waals surface area contributed by atoms with Gasteiger partial charge >= 0.3 is 0 Å². The van der Waals surface area contributed by atoms with Crippen LogP contribution in [0.1, 0.15) is 178 Å². The summed E-state index contributed by atoms with van der Waals surface area (Å²) >= 11 is 4.09. The number of hydrogen-bond donors (Lipinski definition) is 0. The van der Waals surface area contributed by atoms with Crippen LogP contribution in [0.3, 0.4) is 0 Å². The van der Waals surface area contributed by atoms with Crippen molar-refractivity contribution in [2.24, 2.45) is 0 Å². The van der Waals surface area contributed by atoms with Gasteiger partial charge in [0.2, 0.25) is 0 Å². The van der Waals surface area contributed by atoms with Crippen LogP contribution in [0.5, 0.6) is 5.75 Å². The standard InChI is InChI=1S/C35H60OS2/c1-5-7-9-11-13-15-17-19-21-23-25-35(26-24-22-20-18-16-14-12-10-8-6-2)31-27-29(3)37-33(31)34-32(36-35)28-30(4)38-34/h28-29H,5-27H2,1-4H3. The van der Waals surface area contributed by atoms with E-state index in [0.29, 0.717) is 5.25 Å². The first kappa shape index (κ1) is 32.1. The minimum absolute atomic E-state index is 0.0338. The predicted molar refractivity (Wildman–Crippen MR) is 174 cm³/mol. The lowest BCUT2D eigenvalue weighted by atomic mass is 9.79. The van der Waals surface area contributed by atoms with Crippen LogP contribution < -0.4 is 4.74 Å². The number of hydrogen-bond acceptors (Lipinski definition) is 3. The molecule has 1 aromatic heterocycles. The van der Waals surface area contributed by atoms with Crippen LogP contribution >= 0.6 is 23.1 Å². The molecule has 1 atom stereocenters. The van der Waals surface area contributed by atoms with Gasteiger partial charge in [-0.3, -0.25) is 0 Å². The average molecular weight is 561 g/mol. The number of ether oxygens (including phenoxy) is 1. The Balaban J connectivity index is 1.50. The third kappa shape index (κ3) is 10.2. The number of rotatable bonds is 22. The molecule has 1 aromatic rings. The zero-order valence-corrected chi connectivity index (χ0v) is 27.3. The van der Waals surface area contributed by atoms with Crippen molar-refractivity contribution < 1.29 is 4.74 Å². The zero-order valence-electron chi connectivity index (χ0n) is 25.6. The predicted octanol–water partition coefficient (Wildman–Crippen LogP) is 13.0. The maximum Gasteiger partial charge on any atom is 0.140 e. The first-order valence-corrected chi connectivity index (χ1v) is 18.5. The molecule has 218 valence electrons. The highest BCUT2D eigenvalue weighted by Crippen LogP contribution is 2.58. The molecule has 0 fully saturated rings. The van der Waals surface area contributed by atoms with Gasteiger partial charge in [0, 0.05) is 15.0 Å². The Morgan fingerprint density at radius 2 is 1.16 bits per heavy atom. The van der Waals surface area contributed by atoms with Gasteiger partial charge in [0.05, 0.1) is 4.88 Å². The Hall–Kier alpha value is -0.410. The van der Waals surface area contributed by atoms with E-state index >= 15 is 0 Å². The van der Waals surface area contributed by atoms with Crippen LogP contribution in [0.2, 0.25) is 0 Å². The first-order chi connectivity index (χ1) is 18.6. The van der Waals surface area contributed by atoms with E-state index in [2.05, 4.69) is 45.5 Å². The Morgan fingerprint density at radius 1 is 0.711 bits per heavy atom. The van der Waals surface area contributed by atoms with Gasteiger partial charge in [0.25, 0.3) is 0 Å². The minimum atomic E-state index is -0.0338. The van der Waals surface area contributed by atoms with E-state index in [1.807, 2.05) is 11.3 Å². The normalized spacial score (nSPS) is 18.1. The number of fused-ring (bicyclic) bond motifs is 2. The van der Waals surface area contributed by atoms with Crippen molar-refractivity contribution in [2.75, 3.05) is 0 Å². The Bertz CT molecular complexity index is 783. The van der Waals surface area contributed by atoms with E-state index < -0.39 is 0 Å². The summed E-state index contributed by atoms with van der Waals surface area (Å²) < 4.78 is 7.11. The molecule has 2 aliphatic heterocycles. The number of thiophene rings is 1. The molecule has 0 saturated carbocycles. The molecular weight excluding hydrogens is 501 g/mol. The van der Waals surface area contributed by atoms with Crippen LogP contribution in [0.4, 0.5) is 0 Å². The molecule has 0 aromatic carbocycles. The number of thioether (sulfide) groups is 1. The molecule has 0 N–H and O–H groups in total. The zero-order chi connectivity index (χ0) is 27.1. The summed E-state index contributed by atoms with van der Waals surface area (Å²) in [6, 6.07) is 2.33. The Morgan fingerprint density at radius 3 is 1.63 bits per heavy atom. The van der Waals surface area contributed by atoms with Crippen LogP contribution in [0, 0.1) is 6.92 Å². The van der Waals surface area contributed by atoms with E-state index in [9.17, 15) is 0 Å². The Labute approximate surface area is 245 Å². The van der Waals surface area contributed by atoms with Gasteiger partial charge in [-0.1, -0.05) is 136 Å². The monoisotopic (exact) mass is 560 g/mol. The second kappa shape index (κ2) is 18.1. The first-order valence-electron chi connectivity index (χ1n) is 16.8. The average Bonchev–Trinajstić information content (AvgIpc) is 3.48. The molecular formula is C35H60OS2. The molecule has 2 aliphatic rings. The van der Waals surface area contributed by atoms with Crippen molar-refractivity contribution in [2.45, 2.75) is 186 Å². The molecule has 3 heteroatoms. The van der Waals surface area contributed by atoms with Gasteiger partial charge in [-0.15, -0.1) is 23.1 Å². The number of unbranched alkanes of at least 4 members (excludes halogenated alkanes) is 18. The van der Waals surface area contributed by atoms with Crippen molar-refractivity contribution in [1.82, 2.24) is 0 Å². The molecule has 0 spiro atoms. The van der Waals surface area contributed by atoms with Gasteiger partial charge in [0.1, 0.15) is 11.4 Å². The fourth-order valence-corrected chi connectivity index (χ4v) is 9.05. The molecule has 1 unspecified atom stereocenters. The molecule has 3 rings (SSSR count). The van der Waals surface area contributed by atoms with Crippen molar-refractivity contribution in [3.63, 3.8) is 0 Å². The smallest absolute Gasteiger partial charge is 0.140 e. The van der Waals surface area contributed by atoms with E-state index in [0.717, 1.165) is 0 Å². The van der Waals surface area contributed by atoms with Gasteiger partial charge in [0.15, 0.2) is 0 Å². The highest BCUT2D eigenvalue weighted by molar-refractivity contribution is 8.09. The van der Waals surface area contributed by atoms with Crippen molar-refractivity contribution in [1.29, 1.82) is 0 Å². The van der Waals surface area contributed by atoms with Crippen molar-refractivity contribution >= 4 is 28.0 Å². The molecule has 1 nitrogen and oxygen atoms in total. The summed E-state index contributed by atoms with van der Waals surface area (Å²) in [4.78, 5) is 4.44. The fourth-order valence-electron chi connectivity index (χ4n) is 6.60. The van der Waals surface area contributed by atoms with Crippen LogP contribution in [0.25, 0.3) is 4.91 Å². The highest BCUT2D eigenvalue weighted by atomic mass is 32.2. The molecule has 0 amide bonds. The third-order valence-corrected chi connectivity index (χ3v) is 11.3. The lowest BCUT2D eigenvalue weighted by molar-refractivity contribution is 0.0761. The second-order valence-electron chi connectivity index (χ2n) is 12.5. The Kier molecular flexibility index (Phi) is 15.3. The summed E-state index contributed by atoms with van der Waals surface area (Å²) in [6.07, 6.45) is 31.8. The van der Waals surface area contributed by atoms with Crippen LogP contribution in [-0.2, 0) is 0 Å². The highest BCUT2D eigenvalue weighted by Gasteiger charge is 2.46. The maximum absolute atomic E-state index is 7.11. The molecule has 3 heterocycles. The van der Waals surface area contributed by atoms with Crippen LogP contribution in [0.15, 0.2) is 11.6 Å². The molecule has 0 radical (unpaired) electrons. The lowest BCUT2D eigenvalue weighted by Gasteiger charge is -2.40. The van der Waals surface area contributed by atoms with Gasteiger partial charge < -0.3 is 4.74 Å². The number of aryl methyl sites for hydroxylation is 1. The lowest BCUT2D eigenvalue weighted by Crippen LogP contribution is -2.40. The fraction of sp³-hybridized carbons (Fsp3) is 0.829. The quantitative estimate of drug-likeness (QED) is 0.130. The van der Waals surface area contributed by atoms with E-state index in [1.54, 1.807) is 10.5 Å². The molecule has 0 bridgehead atoms.